The Hall–Kier alpha value is -1.22. The number of nitrogens with one attached hydrogen (secondary N) is 1. The summed E-state index contributed by atoms with van der Waals surface area (Å²) in [5.41, 5.74) is 1.15. The van der Waals surface area contributed by atoms with Gasteiger partial charge in [0.2, 0.25) is 5.91 Å². The van der Waals surface area contributed by atoms with Crippen LogP contribution in [0.5, 0.6) is 5.75 Å². The van der Waals surface area contributed by atoms with Crippen LogP contribution >= 0.6 is 11.6 Å². The molecular weight excluding hydrogens is 226 g/mol. The SMILES string of the molecule is Cc1cccc(OCCNC(=O)[C@H](C)Cl)c1. The number of hydrogen-bond donors (Lipinski definition) is 1. The predicted octanol–water partition coefficient (Wildman–Crippen LogP) is 2.12. The molecule has 0 saturated heterocycles. The Morgan fingerprint density at radius 1 is 1.56 bits per heavy atom. The molecule has 1 aromatic rings. The number of amides is 1. The Labute approximate surface area is 101 Å². The lowest BCUT2D eigenvalue weighted by Crippen LogP contribution is -2.32. The maximum absolute atomic E-state index is 11.1. The van der Waals surface area contributed by atoms with Gasteiger partial charge in [0.05, 0.1) is 6.54 Å². The summed E-state index contributed by atoms with van der Waals surface area (Å²) >= 11 is 5.59. The lowest BCUT2D eigenvalue weighted by Gasteiger charge is -2.08. The van der Waals surface area contributed by atoms with Crippen LogP contribution in [-0.2, 0) is 4.79 Å². The lowest BCUT2D eigenvalue weighted by atomic mass is 10.2. The molecule has 0 spiro atoms. The van der Waals surface area contributed by atoms with Gasteiger partial charge in [-0.05, 0) is 31.5 Å². The molecule has 0 fully saturated rings. The quantitative estimate of drug-likeness (QED) is 0.634. The normalized spacial score (nSPS) is 11.9. The van der Waals surface area contributed by atoms with Crippen LogP contribution < -0.4 is 10.1 Å². The van der Waals surface area contributed by atoms with E-state index in [1.54, 1.807) is 6.92 Å². The Morgan fingerprint density at radius 3 is 2.94 bits per heavy atom. The molecule has 4 heteroatoms. The van der Waals surface area contributed by atoms with Gasteiger partial charge in [-0.15, -0.1) is 11.6 Å². The standard InChI is InChI=1S/C12H16ClNO2/c1-9-4-3-5-11(8-9)16-7-6-14-12(15)10(2)13/h3-5,8,10H,6-7H2,1-2H3,(H,14,15)/t10-/m0/s1. The molecule has 1 atom stereocenters. The maximum atomic E-state index is 11.1. The highest BCUT2D eigenvalue weighted by molar-refractivity contribution is 6.30. The summed E-state index contributed by atoms with van der Waals surface area (Å²) in [6.07, 6.45) is 0. The summed E-state index contributed by atoms with van der Waals surface area (Å²) in [4.78, 5) is 11.1. The zero-order valence-corrected chi connectivity index (χ0v) is 10.3. The Morgan fingerprint density at radius 2 is 2.31 bits per heavy atom. The molecule has 1 aromatic carbocycles. The molecule has 3 nitrogen and oxygen atoms in total. The van der Waals surface area contributed by atoms with Crippen LogP contribution in [0.25, 0.3) is 0 Å². The van der Waals surface area contributed by atoms with Crippen LogP contribution in [-0.4, -0.2) is 24.4 Å². The average molecular weight is 242 g/mol. The average Bonchev–Trinajstić information content (AvgIpc) is 2.24. The van der Waals surface area contributed by atoms with Crippen molar-refractivity contribution in [2.24, 2.45) is 0 Å². The molecule has 0 bridgehead atoms. The first kappa shape index (κ1) is 12.8. The minimum Gasteiger partial charge on any atom is -0.492 e. The van der Waals surface area contributed by atoms with Crippen molar-refractivity contribution in [2.75, 3.05) is 13.2 Å². The number of ether oxygens (including phenoxy) is 1. The van der Waals surface area contributed by atoms with E-state index in [4.69, 9.17) is 16.3 Å². The number of halogens is 1. The Balaban J connectivity index is 2.23. The van der Waals surface area contributed by atoms with Crippen molar-refractivity contribution in [3.63, 3.8) is 0 Å². The molecule has 1 rings (SSSR count). The van der Waals surface area contributed by atoms with Gasteiger partial charge in [-0.2, -0.15) is 0 Å². The smallest absolute Gasteiger partial charge is 0.237 e. The second-order valence-electron chi connectivity index (χ2n) is 3.57. The largest absolute Gasteiger partial charge is 0.492 e. The van der Waals surface area contributed by atoms with Crippen LogP contribution in [0.4, 0.5) is 0 Å². The van der Waals surface area contributed by atoms with Crippen LogP contribution in [0.2, 0.25) is 0 Å². The monoisotopic (exact) mass is 241 g/mol. The van der Waals surface area contributed by atoms with Crippen molar-refractivity contribution in [1.82, 2.24) is 5.32 Å². The predicted molar refractivity (Wildman–Crippen MR) is 65.0 cm³/mol. The molecule has 16 heavy (non-hydrogen) atoms. The van der Waals surface area contributed by atoms with E-state index in [0.717, 1.165) is 11.3 Å². The summed E-state index contributed by atoms with van der Waals surface area (Å²) in [5, 5.41) is 2.17. The fraction of sp³-hybridized carbons (Fsp3) is 0.417. The topological polar surface area (TPSA) is 38.3 Å². The van der Waals surface area contributed by atoms with Crippen molar-refractivity contribution in [1.29, 1.82) is 0 Å². The van der Waals surface area contributed by atoms with Gasteiger partial charge in [0.1, 0.15) is 17.7 Å². The minimum atomic E-state index is -0.501. The number of hydrogen-bond acceptors (Lipinski definition) is 2. The van der Waals surface area contributed by atoms with Crippen LogP contribution in [0.1, 0.15) is 12.5 Å². The highest BCUT2D eigenvalue weighted by atomic mass is 35.5. The van der Waals surface area contributed by atoms with Crippen molar-refractivity contribution in [2.45, 2.75) is 19.2 Å². The summed E-state index contributed by atoms with van der Waals surface area (Å²) in [7, 11) is 0. The third kappa shape index (κ3) is 4.53. The van der Waals surface area contributed by atoms with Crippen LogP contribution in [0.15, 0.2) is 24.3 Å². The molecule has 0 unspecified atom stereocenters. The molecule has 0 radical (unpaired) electrons. The molecule has 0 saturated carbocycles. The number of alkyl halides is 1. The number of rotatable bonds is 5. The van der Waals surface area contributed by atoms with Gasteiger partial charge in [-0.25, -0.2) is 0 Å². The Kier molecular flexibility index (Phi) is 5.12. The minimum absolute atomic E-state index is 0.172. The third-order valence-corrected chi connectivity index (χ3v) is 2.22. The van der Waals surface area contributed by atoms with Gasteiger partial charge >= 0.3 is 0 Å². The van der Waals surface area contributed by atoms with Gasteiger partial charge in [-0.1, -0.05) is 12.1 Å². The van der Waals surface area contributed by atoms with Crippen LogP contribution in [0, 0.1) is 6.92 Å². The first-order chi connectivity index (χ1) is 7.59. The van der Waals surface area contributed by atoms with E-state index in [-0.39, 0.29) is 5.91 Å². The van der Waals surface area contributed by atoms with E-state index in [0.29, 0.717) is 13.2 Å². The van der Waals surface area contributed by atoms with E-state index < -0.39 is 5.38 Å². The highest BCUT2D eigenvalue weighted by Gasteiger charge is 2.07. The highest BCUT2D eigenvalue weighted by Crippen LogP contribution is 2.11. The van der Waals surface area contributed by atoms with Gasteiger partial charge in [0.15, 0.2) is 0 Å². The lowest BCUT2D eigenvalue weighted by molar-refractivity contribution is -0.120. The third-order valence-electron chi connectivity index (χ3n) is 2.02. The molecule has 0 aliphatic rings. The molecule has 0 heterocycles. The summed E-state index contributed by atoms with van der Waals surface area (Å²) in [6.45, 7) is 4.55. The molecule has 0 aliphatic carbocycles. The van der Waals surface area contributed by atoms with E-state index in [9.17, 15) is 4.79 Å². The van der Waals surface area contributed by atoms with Gasteiger partial charge in [-0.3, -0.25) is 4.79 Å². The Bertz CT molecular complexity index is 353. The maximum Gasteiger partial charge on any atom is 0.237 e. The first-order valence-electron chi connectivity index (χ1n) is 5.21. The van der Waals surface area contributed by atoms with E-state index in [1.165, 1.54) is 0 Å². The molecule has 1 amide bonds. The second kappa shape index (κ2) is 6.38. The molecule has 0 aromatic heterocycles. The first-order valence-corrected chi connectivity index (χ1v) is 5.64. The molecule has 0 aliphatic heterocycles. The zero-order chi connectivity index (χ0) is 12.0. The van der Waals surface area contributed by atoms with Gasteiger partial charge in [0, 0.05) is 0 Å². The van der Waals surface area contributed by atoms with Crippen molar-refractivity contribution in [3.05, 3.63) is 29.8 Å². The number of aryl methyl sites for hydroxylation is 1. The summed E-state index contributed by atoms with van der Waals surface area (Å²) in [5.74, 6) is 0.641. The zero-order valence-electron chi connectivity index (χ0n) is 9.50. The van der Waals surface area contributed by atoms with Crippen molar-refractivity contribution in [3.8, 4) is 5.75 Å². The van der Waals surface area contributed by atoms with E-state index >= 15 is 0 Å². The van der Waals surface area contributed by atoms with E-state index in [1.807, 2.05) is 31.2 Å². The molecule has 88 valence electrons. The number of benzene rings is 1. The fourth-order valence-electron chi connectivity index (χ4n) is 1.19. The molecular formula is C12H16ClNO2. The molecule has 1 N–H and O–H groups in total. The second-order valence-corrected chi connectivity index (χ2v) is 4.23. The summed E-state index contributed by atoms with van der Waals surface area (Å²) in [6, 6.07) is 7.78. The van der Waals surface area contributed by atoms with Crippen LogP contribution in [0.3, 0.4) is 0 Å². The van der Waals surface area contributed by atoms with Crippen molar-refractivity contribution >= 4 is 17.5 Å². The van der Waals surface area contributed by atoms with Crippen molar-refractivity contribution < 1.29 is 9.53 Å². The number of carbonyl (C=O) groups excluding carboxylic acids is 1. The van der Waals surface area contributed by atoms with Gasteiger partial charge in [0.25, 0.3) is 0 Å². The fourth-order valence-corrected chi connectivity index (χ4v) is 1.27. The van der Waals surface area contributed by atoms with Gasteiger partial charge < -0.3 is 10.1 Å². The summed E-state index contributed by atoms with van der Waals surface area (Å²) < 4.78 is 5.46. The van der Waals surface area contributed by atoms with E-state index in [2.05, 4.69) is 5.32 Å². The number of carbonyl (C=O) groups is 1.